The third kappa shape index (κ3) is 22.8. The van der Waals surface area contributed by atoms with Crippen molar-refractivity contribution in [3.05, 3.63) is 193 Å². The second-order valence-corrected chi connectivity index (χ2v) is 40.9. The molecule has 6 fully saturated rings. The highest BCUT2D eigenvalue weighted by atomic mass is 35.5. The summed E-state index contributed by atoms with van der Waals surface area (Å²) in [4.78, 5) is 83.3. The normalized spacial score (nSPS) is 21.5. The first-order valence-electron chi connectivity index (χ1n) is 42.0. The second kappa shape index (κ2) is 40.4. The summed E-state index contributed by atoms with van der Waals surface area (Å²) >= 11 is 18.3. The zero-order valence-electron chi connectivity index (χ0n) is 71.7. The maximum Gasteiger partial charge on any atom is 0.228 e. The highest BCUT2D eigenvalue weighted by Crippen LogP contribution is 2.42. The van der Waals surface area contributed by atoms with Gasteiger partial charge in [0.15, 0.2) is 0 Å². The number of rotatable bonds is 21. The van der Waals surface area contributed by atoms with E-state index in [0.717, 1.165) is 60.7 Å². The molecule has 6 aromatic rings. The fraction of sp³-hybridized carbons (Fsp3) is 0.554. The zero-order valence-corrected chi connectivity index (χ0v) is 75.6. The van der Waals surface area contributed by atoms with Gasteiger partial charge in [0.1, 0.15) is 0 Å². The van der Waals surface area contributed by atoms with E-state index >= 15 is 0 Å². The Labute approximate surface area is 712 Å². The number of piperazine rings is 3. The second-order valence-electron chi connectivity index (χ2n) is 35.6. The average Bonchev–Trinajstić information content (AvgIpc) is 1.78. The molecule has 6 aliphatic heterocycles. The van der Waals surface area contributed by atoms with Gasteiger partial charge in [-0.25, -0.2) is 17.9 Å². The first-order chi connectivity index (χ1) is 54.9. The first kappa shape index (κ1) is 91.4. The Hall–Kier alpha value is -6.92. The summed E-state index contributed by atoms with van der Waals surface area (Å²) in [5, 5.41) is 5.48. The third-order valence-electron chi connectivity index (χ3n) is 24.0. The van der Waals surface area contributed by atoms with E-state index in [-0.39, 0.29) is 104 Å². The van der Waals surface area contributed by atoms with Crippen molar-refractivity contribution in [2.75, 3.05) is 133 Å². The molecule has 116 heavy (non-hydrogen) atoms. The number of anilines is 3. The van der Waals surface area contributed by atoms with Crippen LogP contribution in [0.15, 0.2) is 127 Å². The molecular weight excluding hydrogens is 1560 g/mol. The maximum atomic E-state index is 14.0. The standard InChI is InChI=1S/C33H47ClN4O3S.C30H43ClN4O2S.C29H39ClN4O2/c1-8-30(39)38-20-27(24-10-12-25(34)13-11-24)28(21-38)32(40)37-17-15-36(16-18-37)29-14-9-23(4)19-26(29)31(22(2)3)35-42(41)33(5,6)7;1-20(2)28(33-38(37)30(4,5)6)24-17-21(3)7-12-27(24)34-13-15-35(16-14-34)29(36)26-19-32-18-25(26)22-8-10-23(31)11-9-22;1-5-27(35)34-17-24(21-7-9-22(30)10-8-21)25(18-34)29(36)33-14-12-32(13-15-33)26-11-6-20(4)16-23(26)28(31)19(2)3/h9-14,19,22,27-28,31,35H,8,15-18,20-21H2,1-7H3;7-12,17,20,25-26,28,32-33H,13-16,18-19H2,1-6H3;6-11,16,19,24-25,28H,5,12-15,17-18,31H2,1-4H3/t27-,28+,31+,42+;25-,26+,28+,38+;24-,25+,28+/m111/s1. The molecule has 6 saturated heterocycles. The van der Waals surface area contributed by atoms with Gasteiger partial charge >= 0.3 is 0 Å². The van der Waals surface area contributed by atoms with Gasteiger partial charge in [0, 0.05) is 199 Å². The first-order valence-corrected chi connectivity index (χ1v) is 45.4. The summed E-state index contributed by atoms with van der Waals surface area (Å²) in [6, 6.07) is 42.7. The largest absolute Gasteiger partial charge is 0.368 e. The Balaban J connectivity index is 0.000000184. The Morgan fingerprint density at radius 2 is 0.716 bits per heavy atom. The quantitative estimate of drug-likeness (QED) is 0.0531. The number of likely N-dealkylation sites (tertiary alicyclic amines) is 2. The van der Waals surface area contributed by atoms with E-state index in [4.69, 9.17) is 40.5 Å². The third-order valence-corrected chi connectivity index (χ3v) is 27.9. The van der Waals surface area contributed by atoms with Crippen molar-refractivity contribution in [3.8, 4) is 0 Å². The van der Waals surface area contributed by atoms with Crippen LogP contribution in [0, 0.1) is 56.3 Å². The van der Waals surface area contributed by atoms with Crippen molar-refractivity contribution in [2.24, 2.45) is 41.2 Å². The molecule has 6 aromatic carbocycles. The van der Waals surface area contributed by atoms with Crippen LogP contribution < -0.4 is 35.2 Å². The number of amides is 5. The minimum Gasteiger partial charge on any atom is -0.368 e. The van der Waals surface area contributed by atoms with Gasteiger partial charge in [0.2, 0.25) is 29.5 Å². The molecule has 6 heterocycles. The van der Waals surface area contributed by atoms with Crippen LogP contribution in [0.3, 0.4) is 0 Å². The van der Waals surface area contributed by atoms with E-state index in [1.54, 1.807) is 0 Å². The van der Waals surface area contributed by atoms with Gasteiger partial charge in [0.25, 0.3) is 0 Å². The molecule has 632 valence electrons. The molecule has 12 rings (SSSR count). The number of halogens is 3. The van der Waals surface area contributed by atoms with Gasteiger partial charge in [-0.2, -0.15) is 0 Å². The number of carbonyl (C=O) groups excluding carboxylic acids is 5. The van der Waals surface area contributed by atoms with Crippen LogP contribution in [0.5, 0.6) is 0 Å². The number of nitrogens with zero attached hydrogens (tertiary/aromatic N) is 8. The molecule has 0 saturated carbocycles. The molecule has 6 aliphatic rings. The highest BCUT2D eigenvalue weighted by Gasteiger charge is 2.45. The molecule has 0 spiro atoms. The Morgan fingerprint density at radius 3 is 1.02 bits per heavy atom. The van der Waals surface area contributed by atoms with Crippen LogP contribution in [0.2, 0.25) is 15.1 Å². The summed E-state index contributed by atoms with van der Waals surface area (Å²) in [6.07, 6.45) is 0.881. The van der Waals surface area contributed by atoms with E-state index in [2.05, 4.69) is 146 Å². The van der Waals surface area contributed by atoms with Crippen molar-refractivity contribution in [1.82, 2.24) is 39.3 Å². The average molecular weight is 1690 g/mol. The maximum absolute atomic E-state index is 14.0. The van der Waals surface area contributed by atoms with Crippen molar-refractivity contribution >= 4 is 103 Å². The van der Waals surface area contributed by atoms with E-state index < -0.39 is 22.0 Å². The van der Waals surface area contributed by atoms with Gasteiger partial charge in [-0.1, -0.05) is 180 Å². The summed E-state index contributed by atoms with van der Waals surface area (Å²) in [5.74, 6) is 1.07. The zero-order chi connectivity index (χ0) is 84.4. The molecule has 0 bridgehead atoms. The Morgan fingerprint density at radius 1 is 0.414 bits per heavy atom. The Bertz CT molecular complexity index is 4380. The lowest BCUT2D eigenvalue weighted by molar-refractivity contribution is -0.137. The monoisotopic (exact) mass is 1680 g/mol. The lowest BCUT2D eigenvalue weighted by Crippen LogP contribution is -2.51. The topological polar surface area (TPSA) is 208 Å². The lowest BCUT2D eigenvalue weighted by atomic mass is 9.88. The molecule has 0 radical (unpaired) electrons. The molecule has 5 N–H and O–H groups in total. The summed E-state index contributed by atoms with van der Waals surface area (Å²) < 4.78 is 32.3. The van der Waals surface area contributed by atoms with E-state index in [0.29, 0.717) is 119 Å². The predicted octanol–water partition coefficient (Wildman–Crippen LogP) is 15.4. The van der Waals surface area contributed by atoms with Crippen LogP contribution in [0.1, 0.15) is 196 Å². The van der Waals surface area contributed by atoms with Crippen LogP contribution in [0.25, 0.3) is 0 Å². The number of aryl methyl sites for hydroxylation is 3. The Kier molecular flexibility index (Phi) is 31.9. The summed E-state index contributed by atoms with van der Waals surface area (Å²) in [5.41, 5.74) is 20.4. The number of nitrogens with one attached hydrogen (secondary N) is 3. The number of hydrogen-bond donors (Lipinski definition) is 4. The number of carbonyl (C=O) groups is 5. The van der Waals surface area contributed by atoms with Crippen molar-refractivity contribution in [1.29, 1.82) is 0 Å². The van der Waals surface area contributed by atoms with Crippen molar-refractivity contribution in [2.45, 2.75) is 176 Å². The highest BCUT2D eigenvalue weighted by molar-refractivity contribution is 7.84. The minimum atomic E-state index is -1.21. The van der Waals surface area contributed by atoms with E-state index in [1.165, 1.54) is 39.2 Å². The fourth-order valence-electron chi connectivity index (χ4n) is 17.0. The lowest BCUT2D eigenvalue weighted by Gasteiger charge is -2.39. The van der Waals surface area contributed by atoms with Crippen molar-refractivity contribution < 1.29 is 32.4 Å². The van der Waals surface area contributed by atoms with E-state index in [9.17, 15) is 32.4 Å². The molecule has 24 heteroatoms. The van der Waals surface area contributed by atoms with Gasteiger partial charge in [-0.3, -0.25) is 24.0 Å². The molecule has 0 aromatic heterocycles. The number of nitrogens with two attached hydrogens (primary N) is 1. The SMILES string of the molecule is CCC(=O)N1C[C@H](C(=O)N2CCN(c3ccc(C)cc3[C@@H](N)C(C)C)CC2)[C@@H](c2ccc(Cl)cc2)C1.CCC(=O)N1C[C@H](C(=O)N2CCN(c3ccc(C)cc3[C@@H](N[S@@](=O)C(C)(C)C)C(C)C)CC2)[C@@H](c2ccc(Cl)cc2)C1.Cc1ccc(N2CCN(C(=O)[C@H]3CNC[C@@H]3c3ccc(Cl)cc3)CC2)c([C@@H](N[S@@](=O)C(C)(C)C)C(C)C)c1. The van der Waals surface area contributed by atoms with Gasteiger partial charge in [-0.15, -0.1) is 0 Å². The fourth-order valence-corrected chi connectivity index (χ4v) is 19.3. The van der Waals surface area contributed by atoms with Gasteiger partial charge in [0.05, 0.1) is 49.2 Å². The van der Waals surface area contributed by atoms with Crippen LogP contribution in [-0.4, -0.2) is 190 Å². The summed E-state index contributed by atoms with van der Waals surface area (Å²) in [7, 11) is -2.38. The molecular formula is C92H129Cl3N12O7S2. The van der Waals surface area contributed by atoms with Crippen LogP contribution in [0.4, 0.5) is 17.1 Å². The molecule has 5 amide bonds. The summed E-state index contributed by atoms with van der Waals surface area (Å²) in [6.45, 7) is 47.0. The van der Waals surface area contributed by atoms with Gasteiger partial charge in [-0.05, 0) is 168 Å². The molecule has 0 unspecified atom stereocenters. The molecule has 19 nitrogen and oxygen atoms in total. The minimum absolute atomic E-state index is 0.0176. The van der Waals surface area contributed by atoms with Crippen LogP contribution >= 0.6 is 34.8 Å². The van der Waals surface area contributed by atoms with Crippen LogP contribution in [-0.2, 0) is 45.9 Å². The smallest absolute Gasteiger partial charge is 0.228 e. The van der Waals surface area contributed by atoms with Crippen molar-refractivity contribution in [3.63, 3.8) is 0 Å². The molecule has 11 atom stereocenters. The van der Waals surface area contributed by atoms with E-state index in [1.807, 2.05) is 153 Å². The van der Waals surface area contributed by atoms with Gasteiger partial charge < -0.3 is 50.2 Å². The number of benzene rings is 6. The predicted molar refractivity (Wildman–Crippen MR) is 479 cm³/mol. The number of hydrogen-bond acceptors (Lipinski definition) is 12. The molecule has 0 aliphatic carbocycles.